The molecule has 0 aliphatic carbocycles. The average molecular weight is 308 g/mol. The van der Waals surface area contributed by atoms with Crippen LogP contribution in [0.1, 0.15) is 18.3 Å². The number of aryl methyl sites for hydroxylation is 1. The summed E-state index contributed by atoms with van der Waals surface area (Å²) < 4.78 is 1.97. The van der Waals surface area contributed by atoms with Crippen LogP contribution in [0.4, 0.5) is 5.69 Å². The second-order valence-electron chi connectivity index (χ2n) is 4.36. The van der Waals surface area contributed by atoms with Crippen molar-refractivity contribution in [2.45, 2.75) is 37.0 Å². The molecule has 112 valence electrons. The third-order valence-corrected chi connectivity index (χ3v) is 4.00. The molecule has 0 amide bonds. The van der Waals surface area contributed by atoms with Crippen LogP contribution in [0.2, 0.25) is 0 Å². The maximum absolute atomic E-state index is 10.7. The molecular formula is C12H16N6O2S. The highest BCUT2D eigenvalue weighted by atomic mass is 32.2. The fourth-order valence-electron chi connectivity index (χ4n) is 1.87. The van der Waals surface area contributed by atoms with Crippen LogP contribution in [0.15, 0.2) is 22.4 Å². The molecule has 0 saturated carbocycles. The van der Waals surface area contributed by atoms with E-state index in [1.165, 1.54) is 24.0 Å². The second kappa shape index (κ2) is 6.64. The molecular weight excluding hydrogens is 292 g/mol. The Morgan fingerprint density at radius 3 is 2.81 bits per heavy atom. The molecule has 9 heteroatoms. The predicted molar refractivity (Wildman–Crippen MR) is 78.2 cm³/mol. The summed E-state index contributed by atoms with van der Waals surface area (Å²) in [6, 6.07) is 1.50. The van der Waals surface area contributed by atoms with Gasteiger partial charge in [-0.3, -0.25) is 10.1 Å². The third-order valence-electron chi connectivity index (χ3n) is 2.89. The minimum absolute atomic E-state index is 0.0161. The lowest BCUT2D eigenvalue weighted by molar-refractivity contribution is -0.385. The van der Waals surface area contributed by atoms with Gasteiger partial charge in [-0.1, -0.05) is 0 Å². The van der Waals surface area contributed by atoms with E-state index in [9.17, 15) is 10.1 Å². The monoisotopic (exact) mass is 308 g/mol. The van der Waals surface area contributed by atoms with Gasteiger partial charge in [-0.05, 0) is 37.7 Å². The molecule has 2 aromatic heterocycles. The highest BCUT2D eigenvalue weighted by Gasteiger charge is 2.15. The van der Waals surface area contributed by atoms with Gasteiger partial charge in [0.05, 0.1) is 4.92 Å². The van der Waals surface area contributed by atoms with Crippen molar-refractivity contribution in [2.24, 2.45) is 5.73 Å². The normalized spacial score (nSPS) is 10.8. The van der Waals surface area contributed by atoms with E-state index >= 15 is 0 Å². The summed E-state index contributed by atoms with van der Waals surface area (Å²) in [5, 5.41) is 20.4. The lowest BCUT2D eigenvalue weighted by Crippen LogP contribution is -2.10. The Balaban J connectivity index is 2.28. The number of hydrogen-bond acceptors (Lipinski definition) is 7. The van der Waals surface area contributed by atoms with Gasteiger partial charge in [-0.2, -0.15) is 0 Å². The van der Waals surface area contributed by atoms with Gasteiger partial charge in [0.1, 0.15) is 17.0 Å². The van der Waals surface area contributed by atoms with Gasteiger partial charge in [-0.15, -0.1) is 10.2 Å². The number of nitrogens with zero attached hydrogens (tertiary/aromatic N) is 5. The van der Waals surface area contributed by atoms with Crippen LogP contribution in [0, 0.1) is 17.0 Å². The Bertz CT molecular complexity index is 657. The zero-order valence-corrected chi connectivity index (χ0v) is 12.6. The molecule has 0 saturated heterocycles. The topological polar surface area (TPSA) is 113 Å². The largest absolute Gasteiger partial charge is 0.330 e. The van der Waals surface area contributed by atoms with Crippen molar-refractivity contribution in [1.29, 1.82) is 0 Å². The van der Waals surface area contributed by atoms with Crippen molar-refractivity contribution in [3.8, 4) is 0 Å². The summed E-state index contributed by atoms with van der Waals surface area (Å²) in [5.41, 5.74) is 6.27. The second-order valence-corrected chi connectivity index (χ2v) is 5.31. The molecule has 2 N–H and O–H groups in total. The highest BCUT2D eigenvalue weighted by molar-refractivity contribution is 7.99. The van der Waals surface area contributed by atoms with Gasteiger partial charge in [-0.25, -0.2) is 4.98 Å². The number of nitrogens with two attached hydrogens (primary N) is 1. The van der Waals surface area contributed by atoms with E-state index in [1.54, 1.807) is 6.92 Å². The van der Waals surface area contributed by atoms with E-state index in [0.29, 0.717) is 23.1 Å². The first-order chi connectivity index (χ1) is 10.1. The van der Waals surface area contributed by atoms with Crippen molar-refractivity contribution in [3.05, 3.63) is 33.8 Å². The zero-order valence-electron chi connectivity index (χ0n) is 11.8. The number of hydrogen-bond donors (Lipinski definition) is 1. The van der Waals surface area contributed by atoms with Gasteiger partial charge in [0.2, 0.25) is 0 Å². The van der Waals surface area contributed by atoms with Gasteiger partial charge in [0.25, 0.3) is 5.69 Å². The molecule has 8 nitrogen and oxygen atoms in total. The first kappa shape index (κ1) is 15.4. The quantitative estimate of drug-likeness (QED) is 0.636. The molecule has 0 bridgehead atoms. The van der Waals surface area contributed by atoms with E-state index in [2.05, 4.69) is 15.2 Å². The summed E-state index contributed by atoms with van der Waals surface area (Å²) in [7, 11) is 0. The fourth-order valence-corrected chi connectivity index (χ4v) is 2.79. The summed E-state index contributed by atoms with van der Waals surface area (Å²) in [6.45, 7) is 5.04. The molecule has 2 rings (SSSR count). The molecule has 0 atom stereocenters. The van der Waals surface area contributed by atoms with Crippen molar-refractivity contribution < 1.29 is 4.92 Å². The van der Waals surface area contributed by atoms with Crippen LogP contribution in [0.3, 0.4) is 0 Å². The summed E-state index contributed by atoms with van der Waals surface area (Å²) in [6.07, 6.45) is 1.91. The Morgan fingerprint density at radius 2 is 2.24 bits per heavy atom. The summed E-state index contributed by atoms with van der Waals surface area (Å²) >= 11 is 1.35. The number of pyridine rings is 1. The highest BCUT2D eigenvalue weighted by Crippen LogP contribution is 2.29. The van der Waals surface area contributed by atoms with E-state index in [-0.39, 0.29) is 5.69 Å². The van der Waals surface area contributed by atoms with Gasteiger partial charge in [0, 0.05) is 19.0 Å². The third kappa shape index (κ3) is 3.37. The number of rotatable bonds is 6. The van der Waals surface area contributed by atoms with Gasteiger partial charge < -0.3 is 10.3 Å². The maximum atomic E-state index is 10.7. The van der Waals surface area contributed by atoms with Crippen molar-refractivity contribution in [3.63, 3.8) is 0 Å². The lowest BCUT2D eigenvalue weighted by atomic mass is 10.3. The van der Waals surface area contributed by atoms with E-state index in [0.717, 1.165) is 17.9 Å². The molecule has 0 aliphatic rings. The molecule has 0 unspecified atom stereocenters. The molecule has 2 heterocycles. The molecule has 21 heavy (non-hydrogen) atoms. The van der Waals surface area contributed by atoms with Crippen molar-refractivity contribution >= 4 is 17.4 Å². The Labute approximate surface area is 125 Å². The smallest absolute Gasteiger partial charge is 0.287 e. The van der Waals surface area contributed by atoms with Gasteiger partial charge in [0.15, 0.2) is 5.16 Å². The Hall–Kier alpha value is -2.00. The lowest BCUT2D eigenvalue weighted by Gasteiger charge is -2.07. The standard InChI is InChI=1S/C12H16N6O2S/c1-3-17-10(4-5-13)15-16-12(17)21-11-8(2)6-9(7-14-11)18(19)20/h6-7H,3-5,13H2,1-2H3. The molecule has 0 radical (unpaired) electrons. The Kier molecular flexibility index (Phi) is 4.86. The molecule has 0 aromatic carbocycles. The molecule has 0 fully saturated rings. The molecule has 0 aliphatic heterocycles. The number of nitro groups is 1. The van der Waals surface area contributed by atoms with Crippen LogP contribution in [0.5, 0.6) is 0 Å². The van der Waals surface area contributed by atoms with Crippen LogP contribution in [0.25, 0.3) is 0 Å². The van der Waals surface area contributed by atoms with Crippen molar-refractivity contribution in [2.75, 3.05) is 6.54 Å². The fraction of sp³-hybridized carbons (Fsp3) is 0.417. The zero-order chi connectivity index (χ0) is 15.4. The van der Waals surface area contributed by atoms with E-state index < -0.39 is 4.92 Å². The Morgan fingerprint density at radius 1 is 1.48 bits per heavy atom. The number of aromatic nitrogens is 4. The van der Waals surface area contributed by atoms with Crippen molar-refractivity contribution in [1.82, 2.24) is 19.7 Å². The summed E-state index contributed by atoms with van der Waals surface area (Å²) in [5.74, 6) is 0.835. The first-order valence-electron chi connectivity index (χ1n) is 6.47. The van der Waals surface area contributed by atoms with Crippen LogP contribution >= 0.6 is 11.8 Å². The minimum atomic E-state index is -0.456. The predicted octanol–water partition coefficient (Wildman–Crippen LogP) is 1.56. The van der Waals surface area contributed by atoms with E-state index in [4.69, 9.17) is 5.73 Å². The van der Waals surface area contributed by atoms with Crippen LogP contribution in [-0.4, -0.2) is 31.2 Å². The first-order valence-corrected chi connectivity index (χ1v) is 7.29. The molecule has 0 spiro atoms. The average Bonchev–Trinajstić information content (AvgIpc) is 2.83. The van der Waals surface area contributed by atoms with Gasteiger partial charge >= 0.3 is 0 Å². The molecule has 2 aromatic rings. The maximum Gasteiger partial charge on any atom is 0.287 e. The SMILES string of the molecule is CCn1c(CCN)nnc1Sc1ncc([N+](=O)[O-])cc1C. The van der Waals surface area contributed by atoms with E-state index in [1.807, 2.05) is 11.5 Å². The summed E-state index contributed by atoms with van der Waals surface area (Å²) in [4.78, 5) is 14.4. The van der Waals surface area contributed by atoms with Crippen LogP contribution in [-0.2, 0) is 13.0 Å². The van der Waals surface area contributed by atoms with Crippen LogP contribution < -0.4 is 5.73 Å². The minimum Gasteiger partial charge on any atom is -0.330 e.